The molecule has 89 heavy (non-hydrogen) atoms. The number of amides is 6. The van der Waals surface area contributed by atoms with Crippen molar-refractivity contribution in [3.63, 3.8) is 0 Å². The number of H-pyrrole nitrogens is 1. The van der Waals surface area contributed by atoms with Crippen LogP contribution in [0.1, 0.15) is 37.4 Å². The number of alkyl halides is 1. The van der Waals surface area contributed by atoms with Crippen LogP contribution < -0.4 is 58.7 Å². The Morgan fingerprint density at radius 1 is 0.618 bits per heavy atom. The zero-order chi connectivity index (χ0) is 66.2. The summed E-state index contributed by atoms with van der Waals surface area (Å²) in [5, 5.41) is 88.6. The molecule has 7 atom stereocenters. The van der Waals surface area contributed by atoms with Crippen molar-refractivity contribution in [1.29, 1.82) is 0 Å². The van der Waals surface area contributed by atoms with Gasteiger partial charge in [-0.3, -0.25) is 72.2 Å². The lowest BCUT2D eigenvalue weighted by atomic mass is 10.0. The van der Waals surface area contributed by atoms with Gasteiger partial charge in [-0.15, -0.1) is 0 Å². The van der Waals surface area contributed by atoms with Crippen LogP contribution in [0.5, 0.6) is 0 Å². The fourth-order valence-corrected chi connectivity index (χ4v) is 9.25. The van der Waals surface area contributed by atoms with Gasteiger partial charge in [0.05, 0.1) is 57.8 Å². The van der Waals surface area contributed by atoms with Gasteiger partial charge in [0.15, 0.2) is 0 Å². The lowest BCUT2D eigenvalue weighted by Crippen LogP contribution is -2.60. The van der Waals surface area contributed by atoms with Gasteiger partial charge in [0.25, 0.3) is 10.9 Å². The molecule has 1 heterocycles. The molecule has 0 aliphatic carbocycles. The second-order valence-electron chi connectivity index (χ2n) is 20.0. The van der Waals surface area contributed by atoms with Crippen molar-refractivity contribution < 1.29 is 93.3 Å². The number of aromatic amines is 1. The summed E-state index contributed by atoms with van der Waals surface area (Å²) in [6.07, 6.45) is 1.85. The van der Waals surface area contributed by atoms with E-state index in [4.69, 9.17) is 5.11 Å². The maximum Gasteiger partial charge on any atom is 0.328 e. The van der Waals surface area contributed by atoms with Gasteiger partial charge in [-0.25, -0.2) is 9.78 Å². The molecule has 1 unspecified atom stereocenters. The van der Waals surface area contributed by atoms with E-state index in [1.165, 1.54) is 12.5 Å². The molecule has 0 radical (unpaired) electrons. The highest BCUT2D eigenvalue weighted by Gasteiger charge is 2.34. The van der Waals surface area contributed by atoms with Crippen LogP contribution in [0.2, 0.25) is 0 Å². The summed E-state index contributed by atoms with van der Waals surface area (Å²) in [5.74, 6) is -13.1. The van der Waals surface area contributed by atoms with Crippen molar-refractivity contribution >= 4 is 106 Å². The number of rotatable bonds is 47. The summed E-state index contributed by atoms with van der Waals surface area (Å²) in [6, 6.07) is -3.00. The van der Waals surface area contributed by atoms with Crippen molar-refractivity contribution in [1.82, 2.24) is 61.9 Å². The van der Waals surface area contributed by atoms with Gasteiger partial charge in [-0.1, -0.05) is 52.9 Å². The van der Waals surface area contributed by atoms with Crippen molar-refractivity contribution in [3.05, 3.63) is 74.6 Å². The standard InChI is InChI=1S/C53H75IN14O21/c1-30(47(81)62-34(21-32-23-56-29-59-32)50(84)64-36(27-70)51(85)63-33(20-31-6-3-2-4-7-31)49(83)65-37(28-71)52(86)87)60-48(82)35(22-40(73)74)61-39(72)24-58-44-43(45(79)46(44)80)57-10-5-8-38(53(88)89)68(12-9-54)17-16-66(18-19-69)14-15-67(26-42(77)78)13-11-55-25-41(75)76/h2-4,6-7,19,23,29-30,33-38,55,57-58,70-71H,5,8-18,20-22,24-28H2,1H3,(H,56,59)(H,60,82)(H,61,72)(H,62,81)(H,63,85)(H,64,84)(H,65,83)(H,73,74)(H,75,76)(H,77,78)(H,86,87)(H,88,89)/t30-,33-,34-,35-,36-,37-,38?/m0/s1. The molecule has 0 saturated carbocycles. The van der Waals surface area contributed by atoms with E-state index in [0.717, 1.165) is 6.92 Å². The average Bonchev–Trinajstić information content (AvgIpc) is 2.77. The van der Waals surface area contributed by atoms with Crippen LogP contribution in [0, 0.1) is 0 Å². The number of aliphatic hydroxyl groups is 2. The Hall–Kier alpha value is -8.56. The van der Waals surface area contributed by atoms with E-state index in [1.807, 2.05) is 0 Å². The Morgan fingerprint density at radius 2 is 1.20 bits per heavy atom. The van der Waals surface area contributed by atoms with Gasteiger partial charge in [-0.2, -0.15) is 0 Å². The SMILES string of the molecule is C[C@H](NC(=O)[C@H](CC(=O)O)NC(=O)CNc1c(NCCCC(C(=O)O)N(CCI)CCN(CC=O)CCN(CCNCC(=O)O)CC(=O)O)c(=O)c1=O)C(=O)N[C@@H](Cc1c[nH]cn1)C(=O)N[C@@H](CO)C(=O)N[C@@H](Cc1ccccc1)C(=O)N[C@@H](CO)C(=O)O. The van der Waals surface area contributed by atoms with Crippen LogP contribution in [0.4, 0.5) is 11.4 Å². The topological polar surface area (TPSA) is 527 Å². The van der Waals surface area contributed by atoms with Crippen molar-refractivity contribution in [2.75, 3.05) is 107 Å². The highest BCUT2D eigenvalue weighted by molar-refractivity contribution is 14.1. The normalized spacial score (nSPS) is 13.6. The third kappa shape index (κ3) is 26.8. The maximum absolute atomic E-state index is 13.8. The number of carbonyl (C=O) groups is 12. The van der Waals surface area contributed by atoms with Crippen LogP contribution in [-0.4, -0.2) is 270 Å². The third-order valence-corrected chi connectivity index (χ3v) is 13.8. The number of aliphatic carboxylic acids is 5. The number of benzene rings is 1. The molecule has 0 fully saturated rings. The molecule has 1 aromatic heterocycles. The minimum atomic E-state index is -1.86. The van der Waals surface area contributed by atoms with Crippen LogP contribution >= 0.6 is 22.6 Å². The van der Waals surface area contributed by atoms with Gasteiger partial charge >= 0.3 is 29.8 Å². The molecule has 36 heteroatoms. The van der Waals surface area contributed by atoms with E-state index in [9.17, 15) is 97.8 Å². The molecule has 0 saturated heterocycles. The van der Waals surface area contributed by atoms with E-state index < -0.39 is 145 Å². The first-order chi connectivity index (χ1) is 42.3. The highest BCUT2D eigenvalue weighted by atomic mass is 127. The van der Waals surface area contributed by atoms with Gasteiger partial charge in [0.2, 0.25) is 35.4 Å². The summed E-state index contributed by atoms with van der Waals surface area (Å²) in [5.41, 5.74) is -1.88. The van der Waals surface area contributed by atoms with Gasteiger partial charge in [0.1, 0.15) is 60.0 Å². The molecule has 6 amide bonds. The van der Waals surface area contributed by atoms with Crippen LogP contribution in [0.15, 0.2) is 52.4 Å². The van der Waals surface area contributed by atoms with Crippen LogP contribution in [-0.2, 0) is 70.4 Å². The molecule has 2 aromatic carbocycles. The third-order valence-electron chi connectivity index (χ3n) is 13.3. The number of halogens is 1. The van der Waals surface area contributed by atoms with Gasteiger partial charge < -0.3 is 93.4 Å². The molecule has 0 bridgehead atoms. The van der Waals surface area contributed by atoms with E-state index in [0.29, 0.717) is 22.8 Å². The zero-order valence-corrected chi connectivity index (χ0v) is 50.5. The minimum Gasteiger partial charge on any atom is -0.481 e. The predicted molar refractivity (Wildman–Crippen MR) is 320 cm³/mol. The lowest BCUT2D eigenvalue weighted by molar-refractivity contribution is -0.144. The first-order valence-electron chi connectivity index (χ1n) is 27.7. The number of aldehydes is 1. The molecule has 3 aromatic rings. The molecule has 0 spiro atoms. The number of carboxylic acids is 5. The van der Waals surface area contributed by atoms with Gasteiger partial charge in [0, 0.05) is 75.8 Å². The fourth-order valence-electron chi connectivity index (χ4n) is 8.63. The summed E-state index contributed by atoms with van der Waals surface area (Å²) in [6.45, 7) is -0.910. The lowest BCUT2D eigenvalue weighted by Gasteiger charge is -2.31. The first-order valence-corrected chi connectivity index (χ1v) is 29.2. The number of carbonyl (C=O) groups excluding carboxylic acids is 7. The molecule has 0 aliphatic heterocycles. The molecular formula is C53H75IN14O21. The number of imidazole rings is 1. The second kappa shape index (κ2) is 39.4. The summed E-state index contributed by atoms with van der Waals surface area (Å²) in [4.78, 5) is 188. The van der Waals surface area contributed by atoms with Crippen molar-refractivity contribution in [2.24, 2.45) is 0 Å². The summed E-state index contributed by atoms with van der Waals surface area (Å²) >= 11 is 2.08. The smallest absolute Gasteiger partial charge is 0.328 e. The summed E-state index contributed by atoms with van der Waals surface area (Å²) in [7, 11) is 0. The number of nitrogens with zero attached hydrogens (tertiary/aromatic N) is 4. The Labute approximate surface area is 521 Å². The number of aliphatic hydroxyl groups excluding tert-OH is 2. The van der Waals surface area contributed by atoms with Crippen molar-refractivity contribution in [2.45, 2.75) is 81.3 Å². The number of nitrogens with one attached hydrogen (secondary N) is 10. The van der Waals surface area contributed by atoms with E-state index in [1.54, 1.807) is 45.0 Å². The average molecular weight is 1370 g/mol. The zero-order valence-electron chi connectivity index (χ0n) is 48.3. The highest BCUT2D eigenvalue weighted by Crippen LogP contribution is 2.16. The Morgan fingerprint density at radius 3 is 1.78 bits per heavy atom. The van der Waals surface area contributed by atoms with E-state index in [2.05, 4.69) is 80.4 Å². The largest absolute Gasteiger partial charge is 0.481 e. The molecule has 490 valence electrons. The Kier molecular flexibility index (Phi) is 33.0. The number of hydrogen-bond donors (Lipinski definition) is 17. The van der Waals surface area contributed by atoms with Crippen molar-refractivity contribution in [3.8, 4) is 0 Å². The van der Waals surface area contributed by atoms with E-state index in [-0.39, 0.29) is 108 Å². The predicted octanol–water partition coefficient (Wildman–Crippen LogP) is -6.68. The molecule has 17 N–H and O–H groups in total. The van der Waals surface area contributed by atoms with Crippen LogP contribution in [0.25, 0.3) is 0 Å². The first kappa shape index (κ1) is 74.7. The maximum atomic E-state index is 13.8. The quantitative estimate of drug-likeness (QED) is 0.00822. The Balaban J connectivity index is 1.63. The minimum absolute atomic E-state index is 0.0312. The molecule has 3 rings (SSSR count). The van der Waals surface area contributed by atoms with Crippen LogP contribution in [0.3, 0.4) is 0 Å². The Bertz CT molecular complexity index is 2930. The molecular weight excluding hydrogens is 1300 g/mol. The van der Waals surface area contributed by atoms with E-state index >= 15 is 0 Å². The molecule has 0 aliphatic rings. The number of carboxylic acid groups (broad SMARTS) is 5. The monoisotopic (exact) mass is 1370 g/mol. The fraction of sp³-hybridized carbons (Fsp3) is 0.528. The number of aromatic nitrogens is 2. The summed E-state index contributed by atoms with van der Waals surface area (Å²) < 4.78 is 0.517. The molecule has 35 nitrogen and oxygen atoms in total. The number of hydrogen-bond acceptors (Lipinski definition) is 23. The second-order valence-corrected chi connectivity index (χ2v) is 21.0. The number of anilines is 2. The van der Waals surface area contributed by atoms with Gasteiger partial charge in [-0.05, 0) is 25.3 Å².